The van der Waals surface area contributed by atoms with Crippen LogP contribution in [0.5, 0.6) is 11.5 Å². The maximum Gasteiger partial charge on any atom is 0.326 e. The number of hydrogen-bond acceptors (Lipinski definition) is 7. The zero-order valence-electron chi connectivity index (χ0n) is 13.7. The summed E-state index contributed by atoms with van der Waals surface area (Å²) in [5.41, 5.74) is 0.553. The van der Waals surface area contributed by atoms with Gasteiger partial charge >= 0.3 is 5.97 Å². The first-order valence-electron chi connectivity index (χ1n) is 7.24. The van der Waals surface area contributed by atoms with Gasteiger partial charge in [0.15, 0.2) is 11.5 Å². The monoisotopic (exact) mass is 429 g/mol. The molecule has 2 amide bonds. The first-order chi connectivity index (χ1) is 11.7. The molecule has 1 aromatic rings. The van der Waals surface area contributed by atoms with Gasteiger partial charge in [0.1, 0.15) is 6.54 Å². The van der Waals surface area contributed by atoms with Crippen LogP contribution < -0.4 is 4.74 Å². The first kappa shape index (κ1) is 19.3. The predicted octanol–water partition coefficient (Wildman–Crippen LogP) is 3.15. The molecular weight excluding hydrogens is 414 g/mol. The van der Waals surface area contributed by atoms with Crippen molar-refractivity contribution in [2.24, 2.45) is 0 Å². The highest BCUT2D eigenvalue weighted by molar-refractivity contribution is 9.10. The van der Waals surface area contributed by atoms with Crippen molar-refractivity contribution < 1.29 is 29.0 Å². The lowest BCUT2D eigenvalue weighted by Gasteiger charge is -2.13. The summed E-state index contributed by atoms with van der Waals surface area (Å²) in [4.78, 5) is 37.1. The van der Waals surface area contributed by atoms with Gasteiger partial charge in [-0.3, -0.25) is 19.3 Å². The van der Waals surface area contributed by atoms with Crippen LogP contribution in [-0.4, -0.2) is 46.9 Å². The minimum atomic E-state index is -0.646. The minimum absolute atomic E-state index is 0.0656. The lowest BCUT2D eigenvalue weighted by Crippen LogP contribution is -2.35. The molecule has 1 saturated heterocycles. The molecule has 0 spiro atoms. The second kappa shape index (κ2) is 7.92. The molecule has 0 radical (unpaired) electrons. The van der Waals surface area contributed by atoms with Crippen LogP contribution in [0.2, 0.25) is 0 Å². The number of carbonyl (C=O) groups is 3. The molecule has 1 N–H and O–H groups in total. The van der Waals surface area contributed by atoms with E-state index in [0.29, 0.717) is 10.0 Å². The van der Waals surface area contributed by atoms with E-state index in [1.807, 2.05) is 0 Å². The Hall–Kier alpha value is -2.00. The number of methoxy groups -OCH3 is 1. The Labute approximate surface area is 157 Å². The molecule has 1 aliphatic heterocycles. The Morgan fingerprint density at radius 2 is 2.08 bits per heavy atom. The van der Waals surface area contributed by atoms with E-state index in [1.165, 1.54) is 19.3 Å². The van der Waals surface area contributed by atoms with Crippen LogP contribution >= 0.6 is 27.7 Å². The van der Waals surface area contributed by atoms with Crippen LogP contribution in [0.25, 0.3) is 6.08 Å². The molecule has 0 atom stereocenters. The number of phenolic OH excluding ortho intramolecular Hbond substituents is 1. The number of hydrogen-bond donors (Lipinski definition) is 1. The van der Waals surface area contributed by atoms with Crippen molar-refractivity contribution in [1.82, 2.24) is 4.90 Å². The van der Waals surface area contributed by atoms with Crippen LogP contribution in [0.3, 0.4) is 0 Å². The molecule has 0 bridgehead atoms. The standard InChI is InChI=1S/C16H16BrNO6S/c1-8(2)24-13(19)7-18-15(21)12(25-16(18)22)6-9-4-10(17)14(20)11(5-9)23-3/h4-6,8,20H,7H2,1-3H3/b12-6-. The van der Waals surface area contributed by atoms with E-state index < -0.39 is 23.7 Å². The predicted molar refractivity (Wildman–Crippen MR) is 96.3 cm³/mol. The average molecular weight is 430 g/mol. The number of amides is 2. The zero-order chi connectivity index (χ0) is 18.7. The van der Waals surface area contributed by atoms with Crippen molar-refractivity contribution in [3.05, 3.63) is 27.1 Å². The maximum atomic E-state index is 12.4. The van der Waals surface area contributed by atoms with Crippen LogP contribution in [0.4, 0.5) is 4.79 Å². The lowest BCUT2D eigenvalue weighted by atomic mass is 10.2. The molecule has 0 saturated carbocycles. The molecule has 25 heavy (non-hydrogen) atoms. The van der Waals surface area contributed by atoms with Crippen LogP contribution in [0, 0.1) is 0 Å². The summed E-state index contributed by atoms with van der Waals surface area (Å²) < 4.78 is 10.4. The highest BCUT2D eigenvalue weighted by atomic mass is 79.9. The van der Waals surface area contributed by atoms with Crippen molar-refractivity contribution in [2.45, 2.75) is 20.0 Å². The fraction of sp³-hybridized carbons (Fsp3) is 0.312. The molecule has 134 valence electrons. The normalized spacial score (nSPS) is 16.0. The number of thioether (sulfide) groups is 1. The fourth-order valence-corrected chi connectivity index (χ4v) is 3.35. The van der Waals surface area contributed by atoms with Gasteiger partial charge in [-0.25, -0.2) is 0 Å². The van der Waals surface area contributed by atoms with Gasteiger partial charge < -0.3 is 14.6 Å². The topological polar surface area (TPSA) is 93.1 Å². The van der Waals surface area contributed by atoms with E-state index in [0.717, 1.165) is 16.7 Å². The fourth-order valence-electron chi connectivity index (χ4n) is 2.05. The number of carbonyl (C=O) groups excluding carboxylic acids is 3. The number of nitrogens with zero attached hydrogens (tertiary/aromatic N) is 1. The van der Waals surface area contributed by atoms with Crippen LogP contribution in [0.1, 0.15) is 19.4 Å². The number of phenols is 1. The summed E-state index contributed by atoms with van der Waals surface area (Å²) in [6.45, 7) is 2.94. The quantitative estimate of drug-likeness (QED) is 0.567. The average Bonchev–Trinajstić information content (AvgIpc) is 2.77. The minimum Gasteiger partial charge on any atom is -0.503 e. The summed E-state index contributed by atoms with van der Waals surface area (Å²) >= 11 is 3.93. The van der Waals surface area contributed by atoms with Crippen LogP contribution in [-0.2, 0) is 14.3 Å². The summed E-state index contributed by atoms with van der Waals surface area (Å²) in [5.74, 6) is -1.06. The van der Waals surface area contributed by atoms with E-state index in [1.54, 1.807) is 19.9 Å². The van der Waals surface area contributed by atoms with E-state index in [-0.39, 0.29) is 22.5 Å². The molecule has 1 aromatic carbocycles. The van der Waals surface area contributed by atoms with Gasteiger partial charge in [0.05, 0.1) is 22.6 Å². The Bertz CT molecular complexity index is 761. The summed E-state index contributed by atoms with van der Waals surface area (Å²) in [7, 11) is 1.40. The second-order valence-electron chi connectivity index (χ2n) is 5.36. The third-order valence-corrected chi connectivity index (χ3v) is 4.61. The Balaban J connectivity index is 2.23. The Morgan fingerprint density at radius 3 is 2.68 bits per heavy atom. The number of ether oxygens (including phenoxy) is 2. The molecule has 1 fully saturated rings. The number of esters is 1. The van der Waals surface area contributed by atoms with E-state index in [9.17, 15) is 19.5 Å². The smallest absolute Gasteiger partial charge is 0.326 e. The Kier molecular flexibility index (Phi) is 6.12. The molecule has 9 heteroatoms. The lowest BCUT2D eigenvalue weighted by molar-refractivity contribution is -0.149. The van der Waals surface area contributed by atoms with Crippen LogP contribution in [0.15, 0.2) is 21.5 Å². The van der Waals surface area contributed by atoms with E-state index in [2.05, 4.69) is 15.9 Å². The van der Waals surface area contributed by atoms with Gasteiger partial charge in [-0.05, 0) is 65.3 Å². The van der Waals surface area contributed by atoms with Gasteiger partial charge in [-0.2, -0.15) is 0 Å². The van der Waals surface area contributed by atoms with Crippen molar-refractivity contribution in [1.29, 1.82) is 0 Å². The van der Waals surface area contributed by atoms with Crippen molar-refractivity contribution in [3.8, 4) is 11.5 Å². The third-order valence-electron chi connectivity index (χ3n) is 3.10. The number of rotatable bonds is 5. The largest absolute Gasteiger partial charge is 0.503 e. The zero-order valence-corrected chi connectivity index (χ0v) is 16.1. The van der Waals surface area contributed by atoms with Crippen molar-refractivity contribution >= 4 is 50.9 Å². The highest BCUT2D eigenvalue weighted by Crippen LogP contribution is 2.38. The highest BCUT2D eigenvalue weighted by Gasteiger charge is 2.36. The molecule has 2 rings (SSSR count). The van der Waals surface area contributed by atoms with E-state index in [4.69, 9.17) is 9.47 Å². The van der Waals surface area contributed by atoms with Gasteiger partial charge in [0, 0.05) is 0 Å². The number of imide groups is 1. The molecule has 1 heterocycles. The summed E-state index contributed by atoms with van der Waals surface area (Å²) in [6, 6.07) is 3.11. The van der Waals surface area contributed by atoms with Gasteiger partial charge in [0.25, 0.3) is 11.1 Å². The number of aromatic hydroxyl groups is 1. The number of benzene rings is 1. The summed E-state index contributed by atoms with van der Waals surface area (Å²) in [5, 5.41) is 9.27. The first-order valence-corrected chi connectivity index (χ1v) is 8.85. The van der Waals surface area contributed by atoms with Crippen molar-refractivity contribution in [3.63, 3.8) is 0 Å². The Morgan fingerprint density at radius 1 is 1.40 bits per heavy atom. The maximum absolute atomic E-state index is 12.4. The SMILES string of the molecule is COc1cc(/C=C2\SC(=O)N(CC(=O)OC(C)C)C2=O)cc(Br)c1O. The molecule has 1 aliphatic rings. The van der Waals surface area contributed by atoms with Gasteiger partial charge in [-0.15, -0.1) is 0 Å². The van der Waals surface area contributed by atoms with Gasteiger partial charge in [0.2, 0.25) is 0 Å². The molecular formula is C16H16BrNO6S. The third kappa shape index (κ3) is 4.55. The number of halogens is 1. The second-order valence-corrected chi connectivity index (χ2v) is 7.21. The van der Waals surface area contributed by atoms with Gasteiger partial charge in [-0.1, -0.05) is 0 Å². The summed E-state index contributed by atoms with van der Waals surface area (Å²) in [6.07, 6.45) is 1.16. The molecule has 7 nitrogen and oxygen atoms in total. The molecule has 0 aromatic heterocycles. The van der Waals surface area contributed by atoms with Crippen molar-refractivity contribution in [2.75, 3.05) is 13.7 Å². The molecule has 0 unspecified atom stereocenters. The van der Waals surface area contributed by atoms with E-state index >= 15 is 0 Å². The molecule has 0 aliphatic carbocycles.